The number of allylic oxidation sites excluding steroid dienone is 1. The lowest BCUT2D eigenvalue weighted by Gasteiger charge is -2.13. The maximum Gasteiger partial charge on any atom is 0.331 e. The first-order valence-electron chi connectivity index (χ1n) is 7.01. The molecule has 0 aliphatic carbocycles. The number of rotatable bonds is 5. The fourth-order valence-corrected chi connectivity index (χ4v) is 1.92. The van der Waals surface area contributed by atoms with E-state index in [2.05, 4.69) is 0 Å². The van der Waals surface area contributed by atoms with Crippen LogP contribution in [0.15, 0.2) is 54.3 Å². The summed E-state index contributed by atoms with van der Waals surface area (Å²) in [7, 11) is 0. The van der Waals surface area contributed by atoms with Crippen LogP contribution >= 0.6 is 0 Å². The zero-order valence-electron chi connectivity index (χ0n) is 12.6. The lowest BCUT2D eigenvalue weighted by atomic mass is 10.2. The minimum absolute atomic E-state index is 0.125. The monoisotopic (exact) mass is 316 g/mol. The van der Waals surface area contributed by atoms with Gasteiger partial charge in [0.25, 0.3) is 0 Å². The molecule has 1 aromatic carbocycles. The summed E-state index contributed by atoms with van der Waals surface area (Å²) in [4.78, 5) is 34.2. The van der Waals surface area contributed by atoms with E-state index in [-0.39, 0.29) is 18.8 Å². The van der Waals surface area contributed by atoms with Gasteiger partial charge >= 0.3 is 17.9 Å². The number of carbonyl (C=O) groups is 3. The Bertz CT molecular complexity index is 644. The molecule has 1 aliphatic rings. The highest BCUT2D eigenvalue weighted by atomic mass is 16.6. The SMILES string of the molecule is CC(=O)OC1=CC(COC(=O)Cc2ccccc2)OC(=O)C=C1. The van der Waals surface area contributed by atoms with Crippen LogP contribution in [0, 0.1) is 0 Å². The van der Waals surface area contributed by atoms with Gasteiger partial charge in [0.15, 0.2) is 6.10 Å². The van der Waals surface area contributed by atoms with Crippen LogP contribution in [0.5, 0.6) is 0 Å². The number of esters is 3. The second-order valence-corrected chi connectivity index (χ2v) is 4.82. The van der Waals surface area contributed by atoms with E-state index in [9.17, 15) is 14.4 Å². The van der Waals surface area contributed by atoms with Crippen molar-refractivity contribution in [3.8, 4) is 0 Å². The Hall–Kier alpha value is -2.89. The Balaban J connectivity index is 1.91. The molecule has 120 valence electrons. The van der Waals surface area contributed by atoms with Crippen molar-refractivity contribution in [1.82, 2.24) is 0 Å². The van der Waals surface area contributed by atoms with Gasteiger partial charge in [0.2, 0.25) is 0 Å². The summed E-state index contributed by atoms with van der Waals surface area (Å²) in [6.45, 7) is 1.10. The second-order valence-electron chi connectivity index (χ2n) is 4.82. The highest BCUT2D eigenvalue weighted by Crippen LogP contribution is 2.11. The topological polar surface area (TPSA) is 78.9 Å². The van der Waals surface area contributed by atoms with Crippen molar-refractivity contribution in [2.24, 2.45) is 0 Å². The Kier molecular flexibility index (Phi) is 5.68. The molecular weight excluding hydrogens is 300 g/mol. The molecule has 0 aromatic heterocycles. The molecule has 0 amide bonds. The number of carbonyl (C=O) groups excluding carboxylic acids is 3. The molecule has 1 atom stereocenters. The van der Waals surface area contributed by atoms with Crippen molar-refractivity contribution in [1.29, 1.82) is 0 Å². The van der Waals surface area contributed by atoms with Crippen LogP contribution in [0.1, 0.15) is 12.5 Å². The zero-order chi connectivity index (χ0) is 16.7. The molecule has 1 heterocycles. The number of cyclic esters (lactones) is 1. The first kappa shape index (κ1) is 16.5. The zero-order valence-corrected chi connectivity index (χ0v) is 12.6. The molecule has 6 nitrogen and oxygen atoms in total. The van der Waals surface area contributed by atoms with Crippen LogP contribution in [0.3, 0.4) is 0 Å². The van der Waals surface area contributed by atoms with Crippen LogP contribution in [0.4, 0.5) is 0 Å². The predicted octanol–water partition coefficient (Wildman–Crippen LogP) is 1.70. The van der Waals surface area contributed by atoms with Gasteiger partial charge in [-0.3, -0.25) is 9.59 Å². The van der Waals surface area contributed by atoms with E-state index in [0.29, 0.717) is 0 Å². The normalized spacial score (nSPS) is 16.8. The van der Waals surface area contributed by atoms with Crippen LogP contribution in [-0.4, -0.2) is 30.6 Å². The van der Waals surface area contributed by atoms with Gasteiger partial charge in [-0.15, -0.1) is 0 Å². The maximum atomic E-state index is 11.8. The van der Waals surface area contributed by atoms with Crippen molar-refractivity contribution >= 4 is 17.9 Å². The summed E-state index contributed by atoms with van der Waals surface area (Å²) in [5.41, 5.74) is 0.827. The number of ether oxygens (including phenoxy) is 3. The first-order valence-corrected chi connectivity index (χ1v) is 7.01. The molecule has 2 rings (SSSR count). The van der Waals surface area contributed by atoms with Crippen molar-refractivity contribution in [2.75, 3.05) is 6.61 Å². The summed E-state index contributed by atoms with van der Waals surface area (Å²) in [5.74, 6) is -1.39. The van der Waals surface area contributed by atoms with Gasteiger partial charge < -0.3 is 14.2 Å². The molecule has 1 unspecified atom stereocenters. The average molecular weight is 316 g/mol. The molecule has 0 radical (unpaired) electrons. The van der Waals surface area contributed by atoms with E-state index in [0.717, 1.165) is 11.6 Å². The molecule has 0 saturated heterocycles. The van der Waals surface area contributed by atoms with Crippen LogP contribution < -0.4 is 0 Å². The van der Waals surface area contributed by atoms with E-state index in [1.165, 1.54) is 19.1 Å². The van der Waals surface area contributed by atoms with E-state index in [1.54, 1.807) is 0 Å². The molecule has 1 aromatic rings. The van der Waals surface area contributed by atoms with Gasteiger partial charge in [0.1, 0.15) is 12.4 Å². The second kappa shape index (κ2) is 7.93. The molecule has 0 spiro atoms. The maximum absolute atomic E-state index is 11.8. The summed E-state index contributed by atoms with van der Waals surface area (Å²) in [6.07, 6.45) is 3.20. The Morgan fingerprint density at radius 3 is 2.61 bits per heavy atom. The largest absolute Gasteiger partial charge is 0.461 e. The molecule has 0 saturated carbocycles. The summed E-state index contributed by atoms with van der Waals surface area (Å²) in [6, 6.07) is 9.14. The molecule has 23 heavy (non-hydrogen) atoms. The van der Waals surface area contributed by atoms with Gasteiger partial charge in [0.05, 0.1) is 6.42 Å². The van der Waals surface area contributed by atoms with Crippen molar-refractivity contribution in [3.05, 3.63) is 59.9 Å². The van der Waals surface area contributed by atoms with Gasteiger partial charge in [-0.25, -0.2) is 4.79 Å². The number of hydrogen-bond donors (Lipinski definition) is 0. The lowest BCUT2D eigenvalue weighted by Crippen LogP contribution is -2.23. The van der Waals surface area contributed by atoms with E-state index < -0.39 is 24.0 Å². The molecule has 1 aliphatic heterocycles. The number of benzene rings is 1. The fourth-order valence-electron chi connectivity index (χ4n) is 1.92. The molecule has 0 fully saturated rings. The molecule has 0 bridgehead atoms. The third kappa shape index (κ3) is 5.78. The fraction of sp³-hybridized carbons (Fsp3) is 0.235. The van der Waals surface area contributed by atoms with Gasteiger partial charge in [-0.2, -0.15) is 0 Å². The smallest absolute Gasteiger partial charge is 0.331 e. The van der Waals surface area contributed by atoms with Crippen molar-refractivity contribution < 1.29 is 28.6 Å². The minimum atomic E-state index is -0.813. The predicted molar refractivity (Wildman–Crippen MR) is 80.0 cm³/mol. The quantitative estimate of drug-likeness (QED) is 0.608. The van der Waals surface area contributed by atoms with Gasteiger partial charge in [-0.05, 0) is 11.6 Å². The van der Waals surface area contributed by atoms with Crippen LogP contribution in [-0.2, 0) is 35.0 Å². The highest BCUT2D eigenvalue weighted by molar-refractivity contribution is 5.83. The highest BCUT2D eigenvalue weighted by Gasteiger charge is 2.18. The average Bonchev–Trinajstić information content (AvgIpc) is 2.67. The molecule has 0 N–H and O–H groups in total. The van der Waals surface area contributed by atoms with Crippen LogP contribution in [0.2, 0.25) is 0 Å². The van der Waals surface area contributed by atoms with Crippen molar-refractivity contribution in [2.45, 2.75) is 19.4 Å². The van der Waals surface area contributed by atoms with Crippen LogP contribution in [0.25, 0.3) is 0 Å². The summed E-state index contributed by atoms with van der Waals surface area (Å²) >= 11 is 0. The van der Waals surface area contributed by atoms with Crippen molar-refractivity contribution in [3.63, 3.8) is 0 Å². The first-order chi connectivity index (χ1) is 11.0. The van der Waals surface area contributed by atoms with Gasteiger partial charge in [-0.1, -0.05) is 30.3 Å². The standard InChI is InChI=1S/C17H16O6/c1-12(18)22-14-7-8-16(19)23-15(10-14)11-21-17(20)9-13-5-3-2-4-6-13/h2-8,10,15H,9,11H2,1H3. The summed E-state index contributed by atoms with van der Waals surface area (Å²) < 4.78 is 15.1. The van der Waals surface area contributed by atoms with E-state index in [1.807, 2.05) is 30.3 Å². The molecular formula is C17H16O6. The third-order valence-corrected chi connectivity index (χ3v) is 2.86. The third-order valence-electron chi connectivity index (χ3n) is 2.86. The lowest BCUT2D eigenvalue weighted by molar-refractivity contribution is -0.152. The van der Waals surface area contributed by atoms with Gasteiger partial charge in [0, 0.05) is 19.1 Å². The molecule has 6 heteroatoms. The minimum Gasteiger partial charge on any atom is -0.461 e. The Morgan fingerprint density at radius 2 is 1.91 bits per heavy atom. The summed E-state index contributed by atoms with van der Waals surface area (Å²) in [5, 5.41) is 0. The van der Waals surface area contributed by atoms with E-state index >= 15 is 0 Å². The number of hydrogen-bond acceptors (Lipinski definition) is 6. The van der Waals surface area contributed by atoms with E-state index in [4.69, 9.17) is 14.2 Å². The Labute approximate surface area is 133 Å². The Morgan fingerprint density at radius 1 is 1.17 bits per heavy atom.